The summed E-state index contributed by atoms with van der Waals surface area (Å²) in [6.45, 7) is 10.3. The van der Waals surface area contributed by atoms with Crippen LogP contribution in [0, 0.1) is 5.41 Å². The molecule has 17 heavy (non-hydrogen) atoms. The topological polar surface area (TPSA) is 21.3 Å². The number of rotatable bonds is 2. The van der Waals surface area contributed by atoms with E-state index in [1.165, 1.54) is 11.5 Å². The fourth-order valence-electron chi connectivity index (χ4n) is 3.42. The molecule has 2 saturated heterocycles. The minimum Gasteiger partial charge on any atom is -0.354 e. The first-order valence-corrected chi connectivity index (χ1v) is 8.18. The molecule has 100 valence electrons. The van der Waals surface area contributed by atoms with Crippen LogP contribution < -0.4 is 5.32 Å². The van der Waals surface area contributed by atoms with Crippen molar-refractivity contribution in [3.8, 4) is 0 Å². The van der Waals surface area contributed by atoms with Crippen molar-refractivity contribution >= 4 is 11.8 Å². The SMILES string of the molecule is CCC1(CC)OC2(CCSCC2)NCC1(C)C. The van der Waals surface area contributed by atoms with E-state index in [2.05, 4.69) is 44.8 Å². The number of nitrogens with one attached hydrogen (secondary N) is 1. The molecule has 0 radical (unpaired) electrons. The highest BCUT2D eigenvalue weighted by Crippen LogP contribution is 2.47. The van der Waals surface area contributed by atoms with Gasteiger partial charge in [0.05, 0.1) is 5.60 Å². The molecule has 2 fully saturated rings. The molecule has 0 aliphatic carbocycles. The summed E-state index contributed by atoms with van der Waals surface area (Å²) in [7, 11) is 0. The summed E-state index contributed by atoms with van der Waals surface area (Å²) >= 11 is 2.06. The molecule has 2 aliphatic rings. The lowest BCUT2D eigenvalue weighted by Gasteiger charge is -2.58. The van der Waals surface area contributed by atoms with Crippen molar-refractivity contribution in [3.63, 3.8) is 0 Å². The first-order chi connectivity index (χ1) is 7.99. The largest absolute Gasteiger partial charge is 0.354 e. The zero-order valence-corrected chi connectivity index (χ0v) is 12.6. The monoisotopic (exact) mass is 257 g/mol. The summed E-state index contributed by atoms with van der Waals surface area (Å²) < 4.78 is 6.69. The van der Waals surface area contributed by atoms with Crippen molar-refractivity contribution in [2.75, 3.05) is 18.1 Å². The van der Waals surface area contributed by atoms with Crippen LogP contribution in [0.3, 0.4) is 0 Å². The molecule has 0 aromatic heterocycles. The zero-order valence-electron chi connectivity index (χ0n) is 11.8. The highest BCUT2D eigenvalue weighted by molar-refractivity contribution is 7.99. The predicted octanol–water partition coefficient (Wildman–Crippen LogP) is 3.41. The van der Waals surface area contributed by atoms with Gasteiger partial charge in [-0.1, -0.05) is 27.7 Å². The van der Waals surface area contributed by atoms with E-state index in [1.54, 1.807) is 0 Å². The Hall–Kier alpha value is 0.270. The van der Waals surface area contributed by atoms with Crippen LogP contribution in [-0.2, 0) is 4.74 Å². The molecule has 2 rings (SSSR count). The lowest BCUT2D eigenvalue weighted by molar-refractivity contribution is -0.256. The molecule has 1 N–H and O–H groups in total. The summed E-state index contributed by atoms with van der Waals surface area (Å²) in [5.41, 5.74) is 0.263. The van der Waals surface area contributed by atoms with Gasteiger partial charge in [0.25, 0.3) is 0 Å². The van der Waals surface area contributed by atoms with E-state index in [-0.39, 0.29) is 16.7 Å². The average molecular weight is 257 g/mol. The number of ether oxygens (including phenoxy) is 1. The maximum atomic E-state index is 6.69. The Labute approximate surface area is 110 Å². The second kappa shape index (κ2) is 4.75. The standard InChI is InChI=1S/C14H27NOS/c1-5-13(6-2)12(3,4)11-15-14(16-13)7-9-17-10-8-14/h15H,5-11H2,1-4H3. The first kappa shape index (κ1) is 13.7. The van der Waals surface area contributed by atoms with Gasteiger partial charge in [0.15, 0.2) is 0 Å². The molecule has 0 saturated carbocycles. The molecule has 3 heteroatoms. The van der Waals surface area contributed by atoms with Crippen molar-refractivity contribution in [2.45, 2.75) is 64.7 Å². The summed E-state index contributed by atoms with van der Waals surface area (Å²) in [4.78, 5) is 0. The van der Waals surface area contributed by atoms with Crippen molar-refractivity contribution in [1.29, 1.82) is 0 Å². The van der Waals surface area contributed by atoms with Gasteiger partial charge in [-0.2, -0.15) is 11.8 Å². The Morgan fingerprint density at radius 1 is 1.12 bits per heavy atom. The van der Waals surface area contributed by atoms with Crippen LogP contribution in [0.15, 0.2) is 0 Å². The van der Waals surface area contributed by atoms with Gasteiger partial charge in [0, 0.05) is 12.0 Å². The number of hydrogen-bond donors (Lipinski definition) is 1. The lowest BCUT2D eigenvalue weighted by Crippen LogP contribution is -2.68. The Balaban J connectivity index is 2.22. The van der Waals surface area contributed by atoms with Gasteiger partial charge < -0.3 is 4.74 Å². The Bertz CT molecular complexity index is 267. The average Bonchev–Trinajstić information content (AvgIpc) is 2.34. The van der Waals surface area contributed by atoms with Crippen molar-refractivity contribution in [3.05, 3.63) is 0 Å². The maximum Gasteiger partial charge on any atom is 0.121 e. The fourth-order valence-corrected chi connectivity index (χ4v) is 4.58. The van der Waals surface area contributed by atoms with Gasteiger partial charge in [-0.3, -0.25) is 5.32 Å². The van der Waals surface area contributed by atoms with Gasteiger partial charge in [0.1, 0.15) is 5.72 Å². The van der Waals surface area contributed by atoms with E-state index >= 15 is 0 Å². The Kier molecular flexibility index (Phi) is 3.82. The van der Waals surface area contributed by atoms with Crippen LogP contribution in [0.2, 0.25) is 0 Å². The molecule has 0 atom stereocenters. The summed E-state index contributed by atoms with van der Waals surface area (Å²) in [6, 6.07) is 0. The third kappa shape index (κ3) is 2.26. The van der Waals surface area contributed by atoms with E-state index in [9.17, 15) is 0 Å². The molecular formula is C14H27NOS. The number of hydrogen-bond acceptors (Lipinski definition) is 3. The van der Waals surface area contributed by atoms with Gasteiger partial charge in [-0.05, 0) is 37.2 Å². The van der Waals surface area contributed by atoms with Crippen LogP contribution >= 0.6 is 11.8 Å². The first-order valence-electron chi connectivity index (χ1n) is 7.02. The second-order valence-corrected chi connectivity index (χ2v) is 7.37. The van der Waals surface area contributed by atoms with Crippen LogP contribution in [0.5, 0.6) is 0 Å². The van der Waals surface area contributed by atoms with E-state index in [0.717, 1.165) is 32.2 Å². The Morgan fingerprint density at radius 2 is 1.71 bits per heavy atom. The fraction of sp³-hybridized carbons (Fsp3) is 1.00. The summed E-state index contributed by atoms with van der Waals surface area (Å²) in [5.74, 6) is 2.47. The van der Waals surface area contributed by atoms with Gasteiger partial charge in [-0.15, -0.1) is 0 Å². The van der Waals surface area contributed by atoms with Gasteiger partial charge >= 0.3 is 0 Å². The maximum absolute atomic E-state index is 6.69. The van der Waals surface area contributed by atoms with E-state index < -0.39 is 0 Å². The third-order valence-corrected chi connectivity index (χ3v) is 5.90. The van der Waals surface area contributed by atoms with Gasteiger partial charge in [-0.25, -0.2) is 0 Å². The molecule has 0 bridgehead atoms. The molecule has 2 heterocycles. The van der Waals surface area contributed by atoms with E-state index in [4.69, 9.17) is 4.74 Å². The smallest absolute Gasteiger partial charge is 0.121 e. The van der Waals surface area contributed by atoms with Crippen molar-refractivity contribution in [1.82, 2.24) is 5.32 Å². The minimum absolute atomic E-state index is 0.0210. The van der Waals surface area contributed by atoms with Crippen molar-refractivity contribution in [2.24, 2.45) is 5.41 Å². The molecular weight excluding hydrogens is 230 g/mol. The molecule has 2 nitrogen and oxygen atoms in total. The zero-order chi connectivity index (χ0) is 12.6. The van der Waals surface area contributed by atoms with E-state index in [0.29, 0.717) is 0 Å². The highest BCUT2D eigenvalue weighted by atomic mass is 32.2. The summed E-state index contributed by atoms with van der Waals surface area (Å²) in [6.07, 6.45) is 4.56. The van der Waals surface area contributed by atoms with Crippen LogP contribution in [0.4, 0.5) is 0 Å². The van der Waals surface area contributed by atoms with Crippen molar-refractivity contribution < 1.29 is 4.74 Å². The van der Waals surface area contributed by atoms with Crippen LogP contribution in [0.25, 0.3) is 0 Å². The highest BCUT2D eigenvalue weighted by Gasteiger charge is 2.53. The molecule has 1 spiro atoms. The Morgan fingerprint density at radius 3 is 2.24 bits per heavy atom. The van der Waals surface area contributed by atoms with Crippen LogP contribution in [-0.4, -0.2) is 29.4 Å². The predicted molar refractivity (Wildman–Crippen MR) is 75.5 cm³/mol. The minimum atomic E-state index is -0.0210. The number of thioether (sulfide) groups is 1. The normalized spacial score (nSPS) is 30.4. The molecule has 0 aromatic rings. The van der Waals surface area contributed by atoms with Crippen LogP contribution in [0.1, 0.15) is 53.4 Å². The van der Waals surface area contributed by atoms with E-state index in [1.807, 2.05) is 0 Å². The summed E-state index contributed by atoms with van der Waals surface area (Å²) in [5, 5.41) is 3.71. The molecule has 2 aliphatic heterocycles. The molecule has 0 unspecified atom stereocenters. The van der Waals surface area contributed by atoms with Gasteiger partial charge in [0.2, 0.25) is 0 Å². The quantitative estimate of drug-likeness (QED) is 0.819. The lowest BCUT2D eigenvalue weighted by atomic mass is 9.69. The second-order valence-electron chi connectivity index (χ2n) is 6.15. The molecule has 0 aromatic carbocycles. The third-order valence-electron chi connectivity index (χ3n) is 4.92. The molecule has 0 amide bonds.